The number of nitrogens with zero attached hydrogens (tertiary/aromatic N) is 1. The Balaban J connectivity index is 2.22. The van der Waals surface area contributed by atoms with Gasteiger partial charge in [0.2, 0.25) is 5.89 Å². The first-order valence-electron chi connectivity index (χ1n) is 5.14. The summed E-state index contributed by atoms with van der Waals surface area (Å²) in [5, 5.41) is -0.617. The van der Waals surface area contributed by atoms with Gasteiger partial charge in [-0.1, -0.05) is 0 Å². The fraction of sp³-hybridized carbons (Fsp3) is 0.600. The Hall–Kier alpha value is -1.17. The van der Waals surface area contributed by atoms with Crippen LogP contribution in [-0.4, -0.2) is 24.9 Å². The zero-order chi connectivity index (χ0) is 11.8. The predicted octanol–water partition coefficient (Wildman–Crippen LogP) is 1.06. The molecule has 1 unspecified atom stereocenters. The van der Waals surface area contributed by atoms with Gasteiger partial charge < -0.3 is 4.42 Å². The van der Waals surface area contributed by atoms with Crippen molar-refractivity contribution >= 4 is 15.6 Å². The molecule has 16 heavy (non-hydrogen) atoms. The molecule has 0 saturated carbocycles. The third-order valence-corrected chi connectivity index (χ3v) is 4.76. The zero-order valence-corrected chi connectivity index (χ0v) is 9.79. The molecule has 1 saturated heterocycles. The standard InChI is InChI=1S/C10H13NO4S/c1-7(12)5-8-6-11-10(15-8)9-3-2-4-16(9,13)14/h6,9H,2-5H2,1H3. The first-order chi connectivity index (χ1) is 7.49. The zero-order valence-electron chi connectivity index (χ0n) is 8.97. The van der Waals surface area contributed by atoms with Crippen LogP contribution >= 0.6 is 0 Å². The number of ketones is 1. The number of aromatic nitrogens is 1. The van der Waals surface area contributed by atoms with Gasteiger partial charge in [0.05, 0.1) is 18.4 Å². The number of sulfone groups is 1. The van der Waals surface area contributed by atoms with Crippen LogP contribution in [0.2, 0.25) is 0 Å². The second kappa shape index (κ2) is 4.01. The molecule has 1 aromatic rings. The Morgan fingerprint density at radius 1 is 1.62 bits per heavy atom. The van der Waals surface area contributed by atoms with Crippen molar-refractivity contribution in [2.45, 2.75) is 31.4 Å². The Morgan fingerprint density at radius 3 is 2.94 bits per heavy atom. The fourth-order valence-corrected chi connectivity index (χ4v) is 3.66. The lowest BCUT2D eigenvalue weighted by molar-refractivity contribution is -0.116. The van der Waals surface area contributed by atoms with Gasteiger partial charge >= 0.3 is 0 Å². The molecular weight excluding hydrogens is 230 g/mol. The summed E-state index contributed by atoms with van der Waals surface area (Å²) in [7, 11) is -3.10. The smallest absolute Gasteiger partial charge is 0.212 e. The van der Waals surface area contributed by atoms with E-state index in [9.17, 15) is 13.2 Å². The third kappa shape index (κ3) is 2.16. The van der Waals surface area contributed by atoms with Crippen LogP contribution in [0.5, 0.6) is 0 Å². The molecule has 0 radical (unpaired) electrons. The van der Waals surface area contributed by atoms with Gasteiger partial charge in [0, 0.05) is 0 Å². The van der Waals surface area contributed by atoms with E-state index in [1.54, 1.807) is 0 Å². The number of carbonyl (C=O) groups excluding carboxylic acids is 1. The van der Waals surface area contributed by atoms with Crippen molar-refractivity contribution in [1.29, 1.82) is 0 Å². The monoisotopic (exact) mass is 243 g/mol. The number of hydrogen-bond acceptors (Lipinski definition) is 5. The topological polar surface area (TPSA) is 77.2 Å². The van der Waals surface area contributed by atoms with E-state index in [0.29, 0.717) is 18.6 Å². The number of hydrogen-bond donors (Lipinski definition) is 0. The quantitative estimate of drug-likeness (QED) is 0.793. The Morgan fingerprint density at radius 2 is 2.38 bits per heavy atom. The van der Waals surface area contributed by atoms with Crippen LogP contribution < -0.4 is 0 Å². The normalized spacial score (nSPS) is 23.4. The molecule has 0 N–H and O–H groups in total. The number of oxazole rings is 1. The summed E-state index contributed by atoms with van der Waals surface area (Å²) in [6, 6.07) is 0. The predicted molar refractivity (Wildman–Crippen MR) is 56.6 cm³/mol. The first-order valence-corrected chi connectivity index (χ1v) is 6.86. The third-order valence-electron chi connectivity index (χ3n) is 2.60. The lowest BCUT2D eigenvalue weighted by Crippen LogP contribution is -2.08. The highest BCUT2D eigenvalue weighted by atomic mass is 32.2. The van der Waals surface area contributed by atoms with Crippen LogP contribution in [0.15, 0.2) is 10.6 Å². The molecule has 2 heterocycles. The number of carbonyl (C=O) groups is 1. The highest BCUT2D eigenvalue weighted by molar-refractivity contribution is 7.91. The lowest BCUT2D eigenvalue weighted by atomic mass is 10.2. The molecule has 1 aromatic heterocycles. The summed E-state index contributed by atoms with van der Waals surface area (Å²) in [6.45, 7) is 1.45. The van der Waals surface area contributed by atoms with E-state index in [0.717, 1.165) is 0 Å². The molecule has 5 nitrogen and oxygen atoms in total. The maximum absolute atomic E-state index is 11.6. The van der Waals surface area contributed by atoms with Gasteiger partial charge in [-0.2, -0.15) is 0 Å². The molecule has 1 fully saturated rings. The van der Waals surface area contributed by atoms with Crippen molar-refractivity contribution in [3.8, 4) is 0 Å². The highest BCUT2D eigenvalue weighted by Gasteiger charge is 2.36. The van der Waals surface area contributed by atoms with E-state index in [1.807, 2.05) is 0 Å². The molecule has 0 amide bonds. The van der Waals surface area contributed by atoms with Crippen LogP contribution in [0.25, 0.3) is 0 Å². The molecular formula is C10H13NO4S. The molecule has 0 aromatic carbocycles. The van der Waals surface area contributed by atoms with E-state index in [4.69, 9.17) is 4.42 Å². The van der Waals surface area contributed by atoms with E-state index in [2.05, 4.69) is 4.98 Å². The molecule has 88 valence electrons. The van der Waals surface area contributed by atoms with Gasteiger partial charge in [0.15, 0.2) is 9.84 Å². The minimum absolute atomic E-state index is 0.0306. The van der Waals surface area contributed by atoms with E-state index in [-0.39, 0.29) is 23.8 Å². The summed E-state index contributed by atoms with van der Waals surface area (Å²) < 4.78 is 28.6. The summed E-state index contributed by atoms with van der Waals surface area (Å²) >= 11 is 0. The van der Waals surface area contributed by atoms with Gasteiger partial charge in [-0.3, -0.25) is 4.79 Å². The van der Waals surface area contributed by atoms with Crippen LogP contribution in [0.4, 0.5) is 0 Å². The molecule has 1 atom stereocenters. The molecule has 0 spiro atoms. The summed E-state index contributed by atoms with van der Waals surface area (Å²) in [6.07, 6.45) is 2.81. The largest absolute Gasteiger partial charge is 0.444 e. The van der Waals surface area contributed by atoms with Crippen LogP contribution in [-0.2, 0) is 21.1 Å². The van der Waals surface area contributed by atoms with E-state index < -0.39 is 15.1 Å². The molecule has 2 rings (SSSR count). The second-order valence-electron chi connectivity index (χ2n) is 4.04. The first kappa shape index (κ1) is 11.3. The summed E-state index contributed by atoms with van der Waals surface area (Å²) in [5.41, 5.74) is 0. The summed E-state index contributed by atoms with van der Waals surface area (Å²) in [4.78, 5) is 14.8. The van der Waals surface area contributed by atoms with Crippen molar-refractivity contribution < 1.29 is 17.6 Å². The maximum Gasteiger partial charge on any atom is 0.212 e. The van der Waals surface area contributed by atoms with E-state index in [1.165, 1.54) is 13.1 Å². The van der Waals surface area contributed by atoms with Gasteiger partial charge in [0.25, 0.3) is 0 Å². The van der Waals surface area contributed by atoms with Crippen LogP contribution in [0, 0.1) is 0 Å². The molecule has 1 aliphatic heterocycles. The van der Waals surface area contributed by atoms with Gasteiger partial charge in [0.1, 0.15) is 16.8 Å². The SMILES string of the molecule is CC(=O)Cc1cnc(C2CCCS2(=O)=O)o1. The molecule has 6 heteroatoms. The average Bonchev–Trinajstić information content (AvgIpc) is 2.70. The van der Waals surface area contributed by atoms with Crippen molar-refractivity contribution in [1.82, 2.24) is 4.98 Å². The van der Waals surface area contributed by atoms with Crippen molar-refractivity contribution in [3.63, 3.8) is 0 Å². The number of rotatable bonds is 3. The number of Topliss-reactive ketones (excluding diaryl/α,β-unsaturated/α-hetero) is 1. The lowest BCUT2D eigenvalue weighted by Gasteiger charge is -2.03. The Labute approximate surface area is 93.8 Å². The maximum atomic E-state index is 11.6. The molecule has 1 aliphatic rings. The average molecular weight is 243 g/mol. The van der Waals surface area contributed by atoms with Crippen molar-refractivity contribution in [3.05, 3.63) is 17.8 Å². The van der Waals surface area contributed by atoms with E-state index >= 15 is 0 Å². The Bertz CT molecular complexity index is 503. The van der Waals surface area contributed by atoms with Gasteiger partial charge in [-0.05, 0) is 19.8 Å². The Kier molecular flexibility index (Phi) is 2.84. The summed E-state index contributed by atoms with van der Waals surface area (Å²) in [5.74, 6) is 0.831. The molecule has 0 aliphatic carbocycles. The van der Waals surface area contributed by atoms with Crippen molar-refractivity contribution in [2.24, 2.45) is 0 Å². The van der Waals surface area contributed by atoms with Gasteiger partial charge in [-0.25, -0.2) is 13.4 Å². The minimum atomic E-state index is -3.10. The highest BCUT2D eigenvalue weighted by Crippen LogP contribution is 2.34. The van der Waals surface area contributed by atoms with Crippen molar-refractivity contribution in [2.75, 3.05) is 5.75 Å². The molecule has 0 bridgehead atoms. The minimum Gasteiger partial charge on any atom is -0.444 e. The fourth-order valence-electron chi connectivity index (χ4n) is 1.87. The van der Waals surface area contributed by atoms with Crippen LogP contribution in [0.3, 0.4) is 0 Å². The second-order valence-corrected chi connectivity index (χ2v) is 6.34. The van der Waals surface area contributed by atoms with Gasteiger partial charge in [-0.15, -0.1) is 0 Å². The van der Waals surface area contributed by atoms with Crippen LogP contribution in [0.1, 0.15) is 36.7 Å².